The lowest BCUT2D eigenvalue weighted by Gasteiger charge is -2.20. The summed E-state index contributed by atoms with van der Waals surface area (Å²) in [6.45, 7) is -0.990. The van der Waals surface area contributed by atoms with Crippen LogP contribution in [0.2, 0.25) is 0 Å². The van der Waals surface area contributed by atoms with Crippen molar-refractivity contribution in [3.05, 3.63) is 54.4 Å². The number of para-hydroxylation sites is 1. The second-order valence-corrected chi connectivity index (χ2v) is 5.04. The standard InChI is InChI=1S/C17H15F2N3O/c1-11-20-15-6-4-3-5-14(15)16(21-11)22(2)12-7-9-13(10-8-12)23-17(18)19/h3-10,17H,1-2H3/i18-1. The molecule has 2 aromatic carbocycles. The molecule has 0 bridgehead atoms. The van der Waals surface area contributed by atoms with Crippen molar-refractivity contribution in [1.29, 1.82) is 0 Å². The maximum Gasteiger partial charge on any atom is 0.387 e. The van der Waals surface area contributed by atoms with Crippen LogP contribution in [0.25, 0.3) is 10.9 Å². The van der Waals surface area contributed by atoms with Gasteiger partial charge in [-0.2, -0.15) is 8.78 Å². The lowest BCUT2D eigenvalue weighted by Crippen LogP contribution is -2.13. The van der Waals surface area contributed by atoms with Crippen molar-refractivity contribution < 1.29 is 13.5 Å². The van der Waals surface area contributed by atoms with Crippen LogP contribution < -0.4 is 9.64 Å². The third kappa shape index (κ3) is 3.21. The average molecular weight is 314 g/mol. The summed E-state index contributed by atoms with van der Waals surface area (Å²) in [6.07, 6.45) is 0. The Morgan fingerprint density at radius 2 is 1.70 bits per heavy atom. The van der Waals surface area contributed by atoms with Crippen LogP contribution in [0.4, 0.5) is 20.3 Å². The van der Waals surface area contributed by atoms with Crippen molar-refractivity contribution in [3.8, 4) is 5.75 Å². The molecule has 0 radical (unpaired) electrons. The molecule has 1 aromatic heterocycles. The molecular weight excluding hydrogens is 299 g/mol. The van der Waals surface area contributed by atoms with E-state index in [1.165, 1.54) is 12.1 Å². The zero-order valence-corrected chi connectivity index (χ0v) is 12.7. The lowest BCUT2D eigenvalue weighted by atomic mass is 10.2. The maximum atomic E-state index is 12.2. The molecule has 3 aromatic rings. The van der Waals surface area contributed by atoms with Crippen molar-refractivity contribution in [2.45, 2.75) is 13.5 Å². The molecule has 1 atom stereocenters. The summed E-state index contributed by atoms with van der Waals surface area (Å²) in [6, 6.07) is 14.2. The third-order valence-corrected chi connectivity index (χ3v) is 3.46. The number of fused-ring (bicyclic) bond motifs is 1. The van der Waals surface area contributed by atoms with E-state index in [4.69, 9.17) is 0 Å². The van der Waals surface area contributed by atoms with Crippen molar-refractivity contribution in [2.75, 3.05) is 11.9 Å². The highest BCUT2D eigenvalue weighted by molar-refractivity contribution is 5.91. The fraction of sp³-hybridized carbons (Fsp3) is 0.176. The van der Waals surface area contributed by atoms with E-state index in [9.17, 15) is 8.78 Å². The van der Waals surface area contributed by atoms with Crippen molar-refractivity contribution in [3.63, 3.8) is 0 Å². The monoisotopic (exact) mass is 314 g/mol. The summed E-state index contributed by atoms with van der Waals surface area (Å²) in [7, 11) is 1.87. The first-order chi connectivity index (χ1) is 11.0. The molecular formula is C17H15F2N3O. The molecule has 3 rings (SSSR count). The van der Waals surface area contributed by atoms with E-state index in [2.05, 4.69) is 14.7 Å². The Hall–Kier alpha value is -2.76. The number of anilines is 2. The predicted molar refractivity (Wildman–Crippen MR) is 85.4 cm³/mol. The molecule has 0 saturated carbocycles. The van der Waals surface area contributed by atoms with Gasteiger partial charge in [0.2, 0.25) is 0 Å². The van der Waals surface area contributed by atoms with Crippen LogP contribution in [0.5, 0.6) is 5.75 Å². The van der Waals surface area contributed by atoms with E-state index < -0.39 is 6.61 Å². The number of hydrogen-bond donors (Lipinski definition) is 0. The van der Waals surface area contributed by atoms with Gasteiger partial charge in [0.05, 0.1) is 5.52 Å². The number of alkyl halides is 2. The molecule has 6 heteroatoms. The first kappa shape index (κ1) is 15.1. The zero-order chi connectivity index (χ0) is 16.4. The Morgan fingerprint density at radius 1 is 1.00 bits per heavy atom. The fourth-order valence-corrected chi connectivity index (χ4v) is 2.40. The average Bonchev–Trinajstić information content (AvgIpc) is 2.53. The predicted octanol–water partition coefficient (Wildman–Crippen LogP) is 4.31. The van der Waals surface area contributed by atoms with Gasteiger partial charge in [-0.3, -0.25) is 0 Å². The number of aryl methyl sites for hydroxylation is 1. The number of halogens is 2. The number of ether oxygens (including phenoxy) is 1. The Morgan fingerprint density at radius 3 is 2.39 bits per heavy atom. The largest absolute Gasteiger partial charge is 0.435 e. The Labute approximate surface area is 132 Å². The molecule has 0 aliphatic heterocycles. The van der Waals surface area contributed by atoms with Gasteiger partial charge < -0.3 is 9.64 Å². The van der Waals surface area contributed by atoms with E-state index in [1.54, 1.807) is 12.1 Å². The van der Waals surface area contributed by atoms with E-state index in [0.717, 1.165) is 22.4 Å². The van der Waals surface area contributed by atoms with E-state index in [0.29, 0.717) is 5.82 Å². The number of rotatable bonds is 4. The maximum absolute atomic E-state index is 12.2. The number of nitrogens with zero attached hydrogens (tertiary/aromatic N) is 3. The molecule has 0 saturated heterocycles. The highest BCUT2D eigenvalue weighted by Crippen LogP contribution is 2.29. The van der Waals surface area contributed by atoms with Crippen LogP contribution in [0, 0.1) is 6.92 Å². The molecule has 1 unspecified atom stereocenters. The minimum absolute atomic E-state index is 0.126. The van der Waals surface area contributed by atoms with E-state index in [-0.39, 0.29) is 5.75 Å². The SMILES string of the molecule is Cc1nc(N(C)c2ccc(OC(F)[18F])cc2)c2ccccc2n1. The third-order valence-electron chi connectivity index (χ3n) is 3.46. The summed E-state index contributed by atoms with van der Waals surface area (Å²) in [5.74, 6) is 1.56. The molecule has 0 fully saturated rings. The topological polar surface area (TPSA) is 38.2 Å². The second kappa shape index (κ2) is 6.16. The first-order valence-electron chi connectivity index (χ1n) is 7.06. The highest BCUT2D eigenvalue weighted by Gasteiger charge is 2.12. The van der Waals surface area contributed by atoms with Crippen LogP contribution in [-0.4, -0.2) is 23.6 Å². The Bertz CT molecular complexity index is 822. The Balaban J connectivity index is 1.98. The summed E-state index contributed by atoms with van der Waals surface area (Å²) < 4.78 is 28.8. The zero-order valence-electron chi connectivity index (χ0n) is 12.7. The lowest BCUT2D eigenvalue weighted by molar-refractivity contribution is -0.0498. The van der Waals surface area contributed by atoms with Crippen molar-refractivity contribution in [2.24, 2.45) is 0 Å². The van der Waals surface area contributed by atoms with Gasteiger partial charge in [-0.25, -0.2) is 9.97 Å². The highest BCUT2D eigenvalue weighted by atomic mass is 19.2. The van der Waals surface area contributed by atoms with Gasteiger partial charge in [0.1, 0.15) is 17.4 Å². The smallest absolute Gasteiger partial charge is 0.387 e. The summed E-state index contributed by atoms with van der Waals surface area (Å²) in [4.78, 5) is 10.8. The van der Waals surface area contributed by atoms with Crippen molar-refractivity contribution in [1.82, 2.24) is 9.97 Å². The normalized spacial score (nSPS) is 12.2. The molecule has 0 amide bonds. The van der Waals surface area contributed by atoms with Gasteiger partial charge in [-0.1, -0.05) is 12.1 Å². The van der Waals surface area contributed by atoms with Gasteiger partial charge in [0.25, 0.3) is 0 Å². The molecule has 0 N–H and O–H groups in total. The van der Waals surface area contributed by atoms with Gasteiger partial charge in [-0.15, -0.1) is 0 Å². The van der Waals surface area contributed by atoms with Crippen molar-refractivity contribution >= 4 is 22.4 Å². The van der Waals surface area contributed by atoms with E-state index >= 15 is 0 Å². The molecule has 0 spiro atoms. The molecule has 23 heavy (non-hydrogen) atoms. The van der Waals surface area contributed by atoms with Gasteiger partial charge in [0, 0.05) is 18.1 Å². The first-order valence-corrected chi connectivity index (χ1v) is 7.06. The van der Waals surface area contributed by atoms with Crippen LogP contribution in [-0.2, 0) is 0 Å². The number of hydrogen-bond acceptors (Lipinski definition) is 4. The van der Waals surface area contributed by atoms with Crippen LogP contribution >= 0.6 is 0 Å². The van der Waals surface area contributed by atoms with E-state index in [1.807, 2.05) is 43.1 Å². The minimum Gasteiger partial charge on any atom is -0.435 e. The fourth-order valence-electron chi connectivity index (χ4n) is 2.40. The molecule has 4 nitrogen and oxygen atoms in total. The Kier molecular flexibility index (Phi) is 4.06. The number of benzene rings is 2. The van der Waals surface area contributed by atoms with Gasteiger partial charge in [-0.05, 0) is 43.3 Å². The molecule has 118 valence electrons. The van der Waals surface area contributed by atoms with Crippen LogP contribution in [0.1, 0.15) is 5.82 Å². The van der Waals surface area contributed by atoms with Crippen LogP contribution in [0.3, 0.4) is 0 Å². The van der Waals surface area contributed by atoms with Gasteiger partial charge in [0.15, 0.2) is 0 Å². The summed E-state index contributed by atoms with van der Waals surface area (Å²) in [5, 5.41) is 0.925. The summed E-state index contributed by atoms with van der Waals surface area (Å²) >= 11 is 0. The molecule has 0 aliphatic rings. The second-order valence-electron chi connectivity index (χ2n) is 5.04. The van der Waals surface area contributed by atoms with Gasteiger partial charge >= 0.3 is 6.61 Å². The molecule has 0 aliphatic carbocycles. The summed E-state index contributed by atoms with van der Waals surface area (Å²) in [5.41, 5.74) is 1.68. The quantitative estimate of drug-likeness (QED) is 0.719. The number of aromatic nitrogens is 2. The van der Waals surface area contributed by atoms with Crippen LogP contribution in [0.15, 0.2) is 48.5 Å². The molecule has 1 heterocycles. The minimum atomic E-state index is -2.83.